The van der Waals surface area contributed by atoms with Crippen molar-refractivity contribution in [2.24, 2.45) is 0 Å². The topological polar surface area (TPSA) is 80.9 Å². The Morgan fingerprint density at radius 3 is 2.48 bits per heavy atom. The average Bonchev–Trinajstić information content (AvgIpc) is 3.32. The Kier molecular flexibility index (Phi) is 4.76. The fourth-order valence-electron chi connectivity index (χ4n) is 2.63. The monoisotopic (exact) mass is 376 g/mol. The molecule has 4 rings (SSSR count). The van der Waals surface area contributed by atoms with Crippen LogP contribution in [0.3, 0.4) is 0 Å². The molecule has 0 fully saturated rings. The van der Waals surface area contributed by atoms with Crippen LogP contribution in [0.1, 0.15) is 10.6 Å². The second kappa shape index (κ2) is 7.51. The van der Waals surface area contributed by atoms with Crippen LogP contribution in [0.5, 0.6) is 0 Å². The van der Waals surface area contributed by atoms with E-state index in [4.69, 9.17) is 4.42 Å². The largest absolute Gasteiger partial charge is 0.401 e. The highest BCUT2D eigenvalue weighted by molar-refractivity contribution is 7.09. The minimum Gasteiger partial charge on any atom is -0.401 e. The third-order valence-electron chi connectivity index (χ3n) is 3.94. The summed E-state index contributed by atoms with van der Waals surface area (Å²) in [5.74, 6) is 0.0778. The van der Waals surface area contributed by atoms with Crippen LogP contribution in [0, 0.1) is 6.92 Å². The van der Waals surface area contributed by atoms with E-state index in [1.807, 2.05) is 54.8 Å². The molecule has 0 saturated carbocycles. The van der Waals surface area contributed by atoms with E-state index >= 15 is 0 Å². The van der Waals surface area contributed by atoms with Gasteiger partial charge in [0.15, 0.2) is 0 Å². The molecule has 134 valence electrons. The highest BCUT2D eigenvalue weighted by atomic mass is 32.1. The summed E-state index contributed by atoms with van der Waals surface area (Å²) in [4.78, 5) is 16.5. The van der Waals surface area contributed by atoms with E-state index in [2.05, 4.69) is 32.6 Å². The van der Waals surface area contributed by atoms with E-state index in [0.717, 1.165) is 21.7 Å². The molecule has 0 radical (unpaired) electrons. The number of hydrogen-bond acceptors (Lipinski definition) is 6. The van der Waals surface area contributed by atoms with Gasteiger partial charge in [0.1, 0.15) is 5.69 Å². The molecule has 2 aromatic carbocycles. The van der Waals surface area contributed by atoms with Crippen molar-refractivity contribution in [3.05, 3.63) is 70.5 Å². The van der Waals surface area contributed by atoms with Gasteiger partial charge in [-0.15, -0.1) is 16.4 Å². The molecule has 0 aliphatic carbocycles. The molecule has 6 nitrogen and oxygen atoms in total. The maximum absolute atomic E-state index is 12.2. The number of amides is 1. The molecule has 0 unspecified atom stereocenters. The van der Waals surface area contributed by atoms with Gasteiger partial charge in [-0.25, -0.2) is 4.98 Å². The number of nitrogens with zero attached hydrogens (tertiary/aromatic N) is 3. The van der Waals surface area contributed by atoms with Gasteiger partial charge in [0.25, 0.3) is 5.89 Å². The van der Waals surface area contributed by atoms with E-state index in [0.29, 0.717) is 11.6 Å². The first-order valence-electron chi connectivity index (χ1n) is 8.37. The van der Waals surface area contributed by atoms with Gasteiger partial charge in [-0.2, -0.15) is 0 Å². The number of carbonyl (C=O) groups excluding carboxylic acids is 1. The summed E-state index contributed by atoms with van der Waals surface area (Å²) in [6.07, 6.45) is 0.225. The molecule has 4 aromatic rings. The Labute approximate surface area is 159 Å². The van der Waals surface area contributed by atoms with Gasteiger partial charge in [-0.05, 0) is 23.6 Å². The van der Waals surface area contributed by atoms with Crippen molar-refractivity contribution in [1.29, 1.82) is 0 Å². The van der Waals surface area contributed by atoms with Crippen LogP contribution in [0.25, 0.3) is 22.7 Å². The highest BCUT2D eigenvalue weighted by Gasteiger charge is 2.13. The van der Waals surface area contributed by atoms with Crippen molar-refractivity contribution in [3.63, 3.8) is 0 Å². The third-order valence-corrected chi connectivity index (χ3v) is 4.71. The van der Waals surface area contributed by atoms with Gasteiger partial charge in [0.05, 0.1) is 11.4 Å². The smallest absolute Gasteiger partial charge is 0.322 e. The van der Waals surface area contributed by atoms with Crippen molar-refractivity contribution in [3.8, 4) is 22.7 Å². The summed E-state index contributed by atoms with van der Waals surface area (Å²) in [7, 11) is 0. The Balaban J connectivity index is 1.39. The van der Waals surface area contributed by atoms with Gasteiger partial charge in [0.2, 0.25) is 5.91 Å². The number of rotatable bonds is 5. The fraction of sp³-hybridized carbons (Fsp3) is 0.100. The highest BCUT2D eigenvalue weighted by Crippen LogP contribution is 2.22. The van der Waals surface area contributed by atoms with Gasteiger partial charge in [-0.1, -0.05) is 59.7 Å². The summed E-state index contributed by atoms with van der Waals surface area (Å²) in [6, 6.07) is 18.1. The molecule has 0 spiro atoms. The van der Waals surface area contributed by atoms with Crippen LogP contribution >= 0.6 is 11.3 Å². The second-order valence-electron chi connectivity index (χ2n) is 5.95. The van der Waals surface area contributed by atoms with Crippen LogP contribution in [-0.4, -0.2) is 21.1 Å². The summed E-state index contributed by atoms with van der Waals surface area (Å²) in [5.41, 5.74) is 3.77. The maximum Gasteiger partial charge on any atom is 0.322 e. The number of hydrogen-bond donors (Lipinski definition) is 1. The zero-order chi connectivity index (χ0) is 18.6. The van der Waals surface area contributed by atoms with Crippen molar-refractivity contribution < 1.29 is 9.21 Å². The molecule has 2 heterocycles. The first kappa shape index (κ1) is 17.1. The second-order valence-corrected chi connectivity index (χ2v) is 7.01. The van der Waals surface area contributed by atoms with Crippen molar-refractivity contribution in [2.45, 2.75) is 13.3 Å². The minimum atomic E-state index is -0.216. The summed E-state index contributed by atoms with van der Waals surface area (Å²) in [6.45, 7) is 1.90. The Hall–Kier alpha value is -3.32. The van der Waals surface area contributed by atoms with Crippen LogP contribution in [-0.2, 0) is 11.2 Å². The zero-order valence-corrected chi connectivity index (χ0v) is 15.4. The van der Waals surface area contributed by atoms with Crippen molar-refractivity contribution in [1.82, 2.24) is 15.2 Å². The molecular formula is C20H16N4O2S. The molecule has 7 heteroatoms. The zero-order valence-electron chi connectivity index (χ0n) is 14.5. The number of thiazole rings is 1. The quantitative estimate of drug-likeness (QED) is 0.560. The standard InChI is InChI=1S/C20H16N4O2S/c1-13-21-17(12-27-13)19-23-24-20(26-19)22-18(25)11-14-7-9-16(10-8-14)15-5-3-2-4-6-15/h2-10,12H,11H2,1H3,(H,22,24,25). The Bertz CT molecular complexity index is 1060. The summed E-state index contributed by atoms with van der Waals surface area (Å²) >= 11 is 1.50. The molecule has 0 aliphatic heterocycles. The van der Waals surface area contributed by atoms with Crippen molar-refractivity contribution in [2.75, 3.05) is 5.32 Å². The first-order chi connectivity index (χ1) is 13.2. The molecule has 0 saturated heterocycles. The van der Waals surface area contributed by atoms with Gasteiger partial charge in [-0.3, -0.25) is 10.1 Å². The Morgan fingerprint density at radius 1 is 1.04 bits per heavy atom. The van der Waals surface area contributed by atoms with Gasteiger partial charge < -0.3 is 4.42 Å². The number of carbonyl (C=O) groups is 1. The molecule has 0 bridgehead atoms. The van der Waals surface area contributed by atoms with Crippen molar-refractivity contribution >= 4 is 23.3 Å². The van der Waals surface area contributed by atoms with E-state index in [1.165, 1.54) is 11.3 Å². The van der Waals surface area contributed by atoms with Crippen LogP contribution in [0.4, 0.5) is 6.01 Å². The Morgan fingerprint density at radius 2 is 1.78 bits per heavy atom. The number of anilines is 1. The number of aromatic nitrogens is 3. The minimum absolute atomic E-state index is 0.0709. The number of aryl methyl sites for hydroxylation is 1. The normalized spacial score (nSPS) is 10.7. The molecule has 1 N–H and O–H groups in total. The van der Waals surface area contributed by atoms with Gasteiger partial charge in [0, 0.05) is 5.38 Å². The molecular weight excluding hydrogens is 360 g/mol. The predicted molar refractivity (Wildman–Crippen MR) is 104 cm³/mol. The van der Waals surface area contributed by atoms with E-state index in [1.54, 1.807) is 0 Å². The SMILES string of the molecule is Cc1nc(-c2nnc(NC(=O)Cc3ccc(-c4ccccc4)cc3)o2)cs1. The third kappa shape index (κ3) is 4.09. The molecule has 0 aliphatic rings. The molecule has 0 atom stereocenters. The molecule has 1 amide bonds. The lowest BCUT2D eigenvalue weighted by Gasteiger charge is -2.04. The van der Waals surface area contributed by atoms with Crippen LogP contribution < -0.4 is 5.32 Å². The maximum atomic E-state index is 12.2. The molecule has 27 heavy (non-hydrogen) atoms. The van der Waals surface area contributed by atoms with Crippen LogP contribution in [0.2, 0.25) is 0 Å². The summed E-state index contributed by atoms with van der Waals surface area (Å²) in [5, 5.41) is 13.1. The van der Waals surface area contributed by atoms with Gasteiger partial charge >= 0.3 is 6.01 Å². The lowest BCUT2D eigenvalue weighted by molar-refractivity contribution is -0.115. The lowest BCUT2D eigenvalue weighted by atomic mass is 10.0. The van der Waals surface area contributed by atoms with Crippen LogP contribution in [0.15, 0.2) is 64.4 Å². The fourth-order valence-corrected chi connectivity index (χ4v) is 3.22. The average molecular weight is 376 g/mol. The van der Waals surface area contributed by atoms with E-state index in [-0.39, 0.29) is 18.3 Å². The van der Waals surface area contributed by atoms with E-state index in [9.17, 15) is 4.79 Å². The number of nitrogens with one attached hydrogen (secondary N) is 1. The predicted octanol–water partition coefficient (Wildman–Crippen LogP) is 4.35. The molecule has 2 aromatic heterocycles. The lowest BCUT2D eigenvalue weighted by Crippen LogP contribution is -2.14. The van der Waals surface area contributed by atoms with E-state index < -0.39 is 0 Å². The number of benzene rings is 2. The first-order valence-corrected chi connectivity index (χ1v) is 9.25. The summed E-state index contributed by atoms with van der Waals surface area (Å²) < 4.78 is 5.46.